The Morgan fingerprint density at radius 1 is 0.842 bits per heavy atom. The van der Waals surface area contributed by atoms with Crippen molar-refractivity contribution in [3.8, 4) is 0 Å². The SMILES string of the molecule is C1=C(c2ccccc2)NNC(c2ccccc2)CC1. The Morgan fingerprint density at radius 3 is 2.26 bits per heavy atom. The van der Waals surface area contributed by atoms with Crippen molar-refractivity contribution in [2.75, 3.05) is 0 Å². The maximum atomic E-state index is 3.43. The first-order chi connectivity index (χ1) is 9.43. The summed E-state index contributed by atoms with van der Waals surface area (Å²) in [6.07, 6.45) is 4.45. The molecule has 2 N–H and O–H groups in total. The average molecular weight is 250 g/mol. The predicted octanol–water partition coefficient (Wildman–Crippen LogP) is 3.66. The molecule has 0 saturated carbocycles. The van der Waals surface area contributed by atoms with Gasteiger partial charge in [-0.1, -0.05) is 66.7 Å². The van der Waals surface area contributed by atoms with Crippen LogP contribution in [0, 0.1) is 0 Å². The number of hydrogen-bond acceptors (Lipinski definition) is 2. The van der Waals surface area contributed by atoms with E-state index in [9.17, 15) is 0 Å². The van der Waals surface area contributed by atoms with Crippen LogP contribution < -0.4 is 10.9 Å². The molecule has 96 valence electrons. The minimum atomic E-state index is 0.360. The number of hydrazine groups is 1. The lowest BCUT2D eigenvalue weighted by molar-refractivity contribution is 0.486. The molecule has 1 atom stereocenters. The van der Waals surface area contributed by atoms with Gasteiger partial charge >= 0.3 is 0 Å². The van der Waals surface area contributed by atoms with Gasteiger partial charge in [0.15, 0.2) is 0 Å². The van der Waals surface area contributed by atoms with Gasteiger partial charge in [-0.2, -0.15) is 0 Å². The maximum Gasteiger partial charge on any atom is 0.0520 e. The first-order valence-electron chi connectivity index (χ1n) is 6.75. The zero-order valence-corrected chi connectivity index (χ0v) is 10.8. The molecule has 0 fully saturated rings. The van der Waals surface area contributed by atoms with Crippen LogP contribution in [0.4, 0.5) is 0 Å². The number of rotatable bonds is 2. The second-order valence-electron chi connectivity index (χ2n) is 4.79. The highest BCUT2D eigenvalue weighted by Crippen LogP contribution is 2.22. The van der Waals surface area contributed by atoms with Crippen LogP contribution in [0.15, 0.2) is 66.7 Å². The van der Waals surface area contributed by atoms with Crippen LogP contribution in [0.1, 0.15) is 30.0 Å². The van der Waals surface area contributed by atoms with E-state index in [0.29, 0.717) is 6.04 Å². The largest absolute Gasteiger partial charge is 0.321 e. The molecular formula is C17H18N2. The molecule has 19 heavy (non-hydrogen) atoms. The molecule has 2 nitrogen and oxygen atoms in total. The molecule has 1 aliphatic rings. The minimum Gasteiger partial charge on any atom is -0.321 e. The molecular weight excluding hydrogens is 232 g/mol. The third-order valence-electron chi connectivity index (χ3n) is 3.47. The highest BCUT2D eigenvalue weighted by molar-refractivity contribution is 5.63. The van der Waals surface area contributed by atoms with Crippen molar-refractivity contribution < 1.29 is 0 Å². The fourth-order valence-electron chi connectivity index (χ4n) is 2.43. The van der Waals surface area contributed by atoms with E-state index in [1.165, 1.54) is 16.8 Å². The lowest BCUT2D eigenvalue weighted by Gasteiger charge is -2.18. The lowest BCUT2D eigenvalue weighted by Crippen LogP contribution is -2.32. The van der Waals surface area contributed by atoms with E-state index >= 15 is 0 Å². The quantitative estimate of drug-likeness (QED) is 0.850. The summed E-state index contributed by atoms with van der Waals surface area (Å²) in [5.74, 6) is 0. The lowest BCUT2D eigenvalue weighted by atomic mass is 10.0. The van der Waals surface area contributed by atoms with Crippen molar-refractivity contribution in [3.63, 3.8) is 0 Å². The smallest absolute Gasteiger partial charge is 0.0520 e. The van der Waals surface area contributed by atoms with E-state index in [4.69, 9.17) is 0 Å². The summed E-state index contributed by atoms with van der Waals surface area (Å²) in [4.78, 5) is 0. The number of allylic oxidation sites excluding steroid dienone is 1. The molecule has 1 heterocycles. The Labute approximate surface area is 114 Å². The van der Waals surface area contributed by atoms with Crippen molar-refractivity contribution in [3.05, 3.63) is 77.9 Å². The van der Waals surface area contributed by atoms with Gasteiger partial charge in [-0.05, 0) is 24.0 Å². The van der Waals surface area contributed by atoms with Crippen molar-refractivity contribution in [1.82, 2.24) is 10.9 Å². The Kier molecular flexibility index (Phi) is 3.61. The Balaban J connectivity index is 1.73. The summed E-state index contributed by atoms with van der Waals surface area (Å²) < 4.78 is 0. The van der Waals surface area contributed by atoms with Gasteiger partial charge in [-0.3, -0.25) is 0 Å². The van der Waals surface area contributed by atoms with Gasteiger partial charge in [0, 0.05) is 0 Å². The molecule has 1 aliphatic heterocycles. The first-order valence-corrected chi connectivity index (χ1v) is 6.75. The zero-order valence-electron chi connectivity index (χ0n) is 10.8. The zero-order chi connectivity index (χ0) is 12.9. The summed E-state index contributed by atoms with van der Waals surface area (Å²) in [5.41, 5.74) is 10.5. The van der Waals surface area contributed by atoms with Crippen molar-refractivity contribution in [2.24, 2.45) is 0 Å². The molecule has 0 radical (unpaired) electrons. The first kappa shape index (κ1) is 12.0. The van der Waals surface area contributed by atoms with Crippen LogP contribution in [0.25, 0.3) is 5.70 Å². The second kappa shape index (κ2) is 5.72. The van der Waals surface area contributed by atoms with Crippen LogP contribution in [-0.2, 0) is 0 Å². The molecule has 2 aromatic carbocycles. The molecule has 2 aromatic rings. The molecule has 0 aromatic heterocycles. The van der Waals surface area contributed by atoms with E-state index < -0.39 is 0 Å². The molecule has 2 heteroatoms. The van der Waals surface area contributed by atoms with Gasteiger partial charge in [0.1, 0.15) is 0 Å². The van der Waals surface area contributed by atoms with Crippen molar-refractivity contribution >= 4 is 5.70 Å². The van der Waals surface area contributed by atoms with Crippen molar-refractivity contribution in [1.29, 1.82) is 0 Å². The molecule has 0 amide bonds. The summed E-state index contributed by atoms with van der Waals surface area (Å²) in [7, 11) is 0. The average Bonchev–Trinajstić information content (AvgIpc) is 2.75. The Morgan fingerprint density at radius 2 is 1.53 bits per heavy atom. The highest BCUT2D eigenvalue weighted by atomic mass is 15.4. The third kappa shape index (κ3) is 2.85. The predicted molar refractivity (Wildman–Crippen MR) is 79.1 cm³/mol. The molecule has 1 unspecified atom stereocenters. The monoisotopic (exact) mass is 250 g/mol. The van der Waals surface area contributed by atoms with Gasteiger partial charge in [-0.15, -0.1) is 0 Å². The van der Waals surface area contributed by atoms with Crippen LogP contribution >= 0.6 is 0 Å². The van der Waals surface area contributed by atoms with Crippen LogP contribution in [-0.4, -0.2) is 0 Å². The number of benzene rings is 2. The fourth-order valence-corrected chi connectivity index (χ4v) is 2.43. The topological polar surface area (TPSA) is 24.1 Å². The van der Waals surface area contributed by atoms with E-state index in [1.54, 1.807) is 0 Å². The van der Waals surface area contributed by atoms with E-state index in [2.05, 4.69) is 71.5 Å². The number of hydrogen-bond donors (Lipinski definition) is 2. The highest BCUT2D eigenvalue weighted by Gasteiger charge is 2.14. The van der Waals surface area contributed by atoms with Gasteiger partial charge < -0.3 is 5.43 Å². The Hall–Kier alpha value is -2.06. The van der Waals surface area contributed by atoms with Gasteiger partial charge in [0.2, 0.25) is 0 Å². The second-order valence-corrected chi connectivity index (χ2v) is 4.79. The standard InChI is InChI=1S/C17H18N2/c1-3-8-14(9-4-1)16-12-7-13-17(19-18-16)15-10-5-2-6-11-15/h1-6,8-12,17-19H,7,13H2. The molecule has 0 aliphatic carbocycles. The third-order valence-corrected chi connectivity index (χ3v) is 3.47. The van der Waals surface area contributed by atoms with E-state index in [0.717, 1.165) is 12.8 Å². The van der Waals surface area contributed by atoms with Gasteiger partial charge in [-0.25, -0.2) is 5.43 Å². The fraction of sp³-hybridized carbons (Fsp3) is 0.176. The Bertz CT molecular complexity index is 546. The van der Waals surface area contributed by atoms with Crippen LogP contribution in [0.2, 0.25) is 0 Å². The molecule has 0 spiro atoms. The summed E-state index contributed by atoms with van der Waals surface area (Å²) in [6, 6.07) is 21.4. The summed E-state index contributed by atoms with van der Waals surface area (Å²) in [5, 5.41) is 0. The van der Waals surface area contributed by atoms with E-state index in [-0.39, 0.29) is 0 Å². The maximum absolute atomic E-state index is 3.43. The molecule has 3 rings (SSSR count). The molecule has 0 saturated heterocycles. The van der Waals surface area contributed by atoms with Gasteiger partial charge in [0.25, 0.3) is 0 Å². The van der Waals surface area contributed by atoms with Crippen LogP contribution in [0.5, 0.6) is 0 Å². The summed E-state index contributed by atoms with van der Waals surface area (Å²) >= 11 is 0. The minimum absolute atomic E-state index is 0.360. The summed E-state index contributed by atoms with van der Waals surface area (Å²) in [6.45, 7) is 0. The van der Waals surface area contributed by atoms with Crippen LogP contribution in [0.3, 0.4) is 0 Å². The van der Waals surface area contributed by atoms with Crippen molar-refractivity contribution in [2.45, 2.75) is 18.9 Å². The van der Waals surface area contributed by atoms with E-state index in [1.807, 2.05) is 6.07 Å². The van der Waals surface area contributed by atoms with Gasteiger partial charge in [0.05, 0.1) is 11.7 Å². The number of nitrogens with one attached hydrogen (secondary N) is 2. The normalized spacial score (nSPS) is 19.2. The molecule has 0 bridgehead atoms.